The van der Waals surface area contributed by atoms with Gasteiger partial charge in [0.1, 0.15) is 0 Å². The third kappa shape index (κ3) is 13.4. The summed E-state index contributed by atoms with van der Waals surface area (Å²) < 4.78 is 0. The zero-order chi connectivity index (χ0) is 15.2. The summed E-state index contributed by atoms with van der Waals surface area (Å²) in [6, 6.07) is 21.1. The quantitative estimate of drug-likeness (QED) is 0.882. The van der Waals surface area contributed by atoms with Crippen molar-refractivity contribution in [1.82, 2.24) is 0 Å². The first kappa shape index (κ1) is 17.4. The van der Waals surface area contributed by atoms with E-state index in [1.165, 1.54) is 0 Å². The van der Waals surface area contributed by atoms with E-state index in [-0.39, 0.29) is 6.42 Å². The highest BCUT2D eigenvalue weighted by Gasteiger charge is 1.96. The van der Waals surface area contributed by atoms with E-state index in [0.717, 1.165) is 12.5 Å². The molecule has 0 aliphatic carbocycles. The molecule has 20 heavy (non-hydrogen) atoms. The Morgan fingerprint density at radius 1 is 0.800 bits per heavy atom. The molecule has 106 valence electrons. The Morgan fingerprint density at radius 2 is 1.10 bits per heavy atom. The average molecular weight is 274 g/mol. The van der Waals surface area contributed by atoms with Crippen LogP contribution in [0.1, 0.15) is 12.5 Å². The van der Waals surface area contributed by atoms with Crippen LogP contribution in [0.2, 0.25) is 0 Å². The maximum absolute atomic E-state index is 10.2. The first-order valence-electron chi connectivity index (χ1n) is 5.97. The standard InChI is InChI=1S/C8H8O2.C6H6.C2H4O2/c9-8(10)6-7-4-2-1-3-5-7;1-2-4-6-5-3-1;1-2(3)4/h1-5H,6H2,(H,9,10);1-6H;1H3,(H,3,4). The molecule has 0 aliphatic heterocycles. The SMILES string of the molecule is CC(=O)O.O=C(O)Cc1ccccc1.c1ccccc1. The van der Waals surface area contributed by atoms with Gasteiger partial charge in [0.05, 0.1) is 6.42 Å². The molecular formula is C16H18O4. The number of carbonyl (C=O) groups is 2. The summed E-state index contributed by atoms with van der Waals surface area (Å²) in [5, 5.41) is 15.8. The smallest absolute Gasteiger partial charge is 0.307 e. The largest absolute Gasteiger partial charge is 0.481 e. The molecule has 0 bridgehead atoms. The van der Waals surface area contributed by atoms with E-state index < -0.39 is 11.9 Å². The molecular weight excluding hydrogens is 256 g/mol. The van der Waals surface area contributed by atoms with Gasteiger partial charge in [-0.3, -0.25) is 9.59 Å². The number of rotatable bonds is 2. The third-order valence-electron chi connectivity index (χ3n) is 1.86. The number of carboxylic acids is 2. The number of aliphatic carboxylic acids is 2. The molecule has 0 spiro atoms. The summed E-state index contributed by atoms with van der Waals surface area (Å²) >= 11 is 0. The minimum absolute atomic E-state index is 0.112. The fourth-order valence-electron chi connectivity index (χ4n) is 1.16. The summed E-state index contributed by atoms with van der Waals surface area (Å²) in [5.41, 5.74) is 0.843. The molecule has 4 nitrogen and oxygen atoms in total. The Kier molecular flexibility index (Phi) is 9.97. The lowest BCUT2D eigenvalue weighted by Crippen LogP contribution is -1.98. The van der Waals surface area contributed by atoms with E-state index in [0.29, 0.717) is 0 Å². The van der Waals surface area contributed by atoms with Crippen molar-refractivity contribution in [3.63, 3.8) is 0 Å². The number of hydrogen-bond donors (Lipinski definition) is 2. The Morgan fingerprint density at radius 3 is 1.40 bits per heavy atom. The summed E-state index contributed by atoms with van der Waals surface area (Å²) in [7, 11) is 0. The summed E-state index contributed by atoms with van der Waals surface area (Å²) in [5.74, 6) is -1.62. The van der Waals surface area contributed by atoms with Gasteiger partial charge in [-0.15, -0.1) is 0 Å². The fourth-order valence-corrected chi connectivity index (χ4v) is 1.16. The van der Waals surface area contributed by atoms with Crippen molar-refractivity contribution in [1.29, 1.82) is 0 Å². The van der Waals surface area contributed by atoms with Crippen molar-refractivity contribution in [2.45, 2.75) is 13.3 Å². The van der Waals surface area contributed by atoms with E-state index in [4.69, 9.17) is 15.0 Å². The molecule has 0 radical (unpaired) electrons. The molecule has 0 atom stereocenters. The zero-order valence-corrected chi connectivity index (χ0v) is 11.3. The second-order valence-electron chi connectivity index (χ2n) is 3.73. The Balaban J connectivity index is 0.000000307. The maximum Gasteiger partial charge on any atom is 0.307 e. The lowest BCUT2D eigenvalue weighted by atomic mass is 10.2. The number of hydrogen-bond acceptors (Lipinski definition) is 2. The van der Waals surface area contributed by atoms with Crippen LogP contribution >= 0.6 is 0 Å². The summed E-state index contributed by atoms with van der Waals surface area (Å²) in [4.78, 5) is 19.2. The van der Waals surface area contributed by atoms with Crippen molar-refractivity contribution in [3.8, 4) is 0 Å². The monoisotopic (exact) mass is 274 g/mol. The molecule has 2 N–H and O–H groups in total. The van der Waals surface area contributed by atoms with E-state index in [2.05, 4.69) is 0 Å². The number of carboxylic acid groups (broad SMARTS) is 2. The second kappa shape index (κ2) is 11.5. The fraction of sp³-hybridized carbons (Fsp3) is 0.125. The normalized spacial score (nSPS) is 8.25. The van der Waals surface area contributed by atoms with E-state index >= 15 is 0 Å². The molecule has 0 amide bonds. The maximum atomic E-state index is 10.2. The molecule has 0 aromatic heterocycles. The predicted molar refractivity (Wildman–Crippen MR) is 77.5 cm³/mol. The van der Waals surface area contributed by atoms with Crippen molar-refractivity contribution in [2.75, 3.05) is 0 Å². The van der Waals surface area contributed by atoms with Gasteiger partial charge >= 0.3 is 5.97 Å². The van der Waals surface area contributed by atoms with Crippen LogP contribution < -0.4 is 0 Å². The molecule has 0 unspecified atom stereocenters. The molecule has 0 saturated carbocycles. The van der Waals surface area contributed by atoms with Crippen molar-refractivity contribution in [2.24, 2.45) is 0 Å². The summed E-state index contributed by atoms with van der Waals surface area (Å²) in [6.07, 6.45) is 0.112. The van der Waals surface area contributed by atoms with Crippen LogP contribution in [0.3, 0.4) is 0 Å². The Bertz CT molecular complexity index is 450. The van der Waals surface area contributed by atoms with E-state index in [9.17, 15) is 4.79 Å². The van der Waals surface area contributed by atoms with Crippen molar-refractivity contribution < 1.29 is 19.8 Å². The van der Waals surface area contributed by atoms with Gasteiger partial charge in [0.2, 0.25) is 0 Å². The van der Waals surface area contributed by atoms with Crippen LogP contribution in [0.4, 0.5) is 0 Å². The van der Waals surface area contributed by atoms with Crippen LogP contribution in [0.15, 0.2) is 66.7 Å². The van der Waals surface area contributed by atoms with Gasteiger partial charge in [-0.05, 0) is 5.56 Å². The van der Waals surface area contributed by atoms with Gasteiger partial charge in [-0.25, -0.2) is 0 Å². The molecule has 2 aromatic rings. The van der Waals surface area contributed by atoms with E-state index in [1.54, 1.807) is 12.1 Å². The molecule has 0 fully saturated rings. The number of benzene rings is 2. The Labute approximate surface area is 118 Å². The molecule has 2 rings (SSSR count). The van der Waals surface area contributed by atoms with Crippen molar-refractivity contribution in [3.05, 3.63) is 72.3 Å². The minimum atomic E-state index is -0.833. The second-order valence-corrected chi connectivity index (χ2v) is 3.73. The molecule has 0 heterocycles. The highest BCUT2D eigenvalue weighted by Crippen LogP contribution is 1.98. The van der Waals surface area contributed by atoms with Gasteiger partial charge < -0.3 is 10.2 Å². The highest BCUT2D eigenvalue weighted by atomic mass is 16.4. The molecule has 0 aliphatic rings. The van der Waals surface area contributed by atoms with Crippen LogP contribution in [-0.4, -0.2) is 22.2 Å². The summed E-state index contributed by atoms with van der Waals surface area (Å²) in [6.45, 7) is 1.08. The van der Waals surface area contributed by atoms with Gasteiger partial charge in [-0.1, -0.05) is 66.7 Å². The van der Waals surface area contributed by atoms with Crippen LogP contribution in [0.5, 0.6) is 0 Å². The van der Waals surface area contributed by atoms with Gasteiger partial charge in [0.15, 0.2) is 0 Å². The minimum Gasteiger partial charge on any atom is -0.481 e. The third-order valence-corrected chi connectivity index (χ3v) is 1.86. The van der Waals surface area contributed by atoms with Gasteiger partial charge in [0.25, 0.3) is 5.97 Å². The van der Waals surface area contributed by atoms with Gasteiger partial charge in [-0.2, -0.15) is 0 Å². The molecule has 0 saturated heterocycles. The molecule has 2 aromatic carbocycles. The Hall–Kier alpha value is -2.62. The topological polar surface area (TPSA) is 74.6 Å². The highest BCUT2D eigenvalue weighted by molar-refractivity contribution is 5.70. The average Bonchev–Trinajstić information content (AvgIpc) is 2.41. The van der Waals surface area contributed by atoms with Crippen molar-refractivity contribution >= 4 is 11.9 Å². The van der Waals surface area contributed by atoms with Crippen LogP contribution in [-0.2, 0) is 16.0 Å². The first-order valence-corrected chi connectivity index (χ1v) is 5.97. The van der Waals surface area contributed by atoms with Gasteiger partial charge in [0, 0.05) is 6.92 Å². The van der Waals surface area contributed by atoms with Crippen LogP contribution in [0.25, 0.3) is 0 Å². The lowest BCUT2D eigenvalue weighted by molar-refractivity contribution is -0.136. The first-order chi connectivity index (χ1) is 9.52. The predicted octanol–water partition coefficient (Wildman–Crippen LogP) is 3.09. The van der Waals surface area contributed by atoms with E-state index in [1.807, 2.05) is 54.6 Å². The molecule has 4 heteroatoms. The van der Waals surface area contributed by atoms with Crippen LogP contribution in [0, 0.1) is 0 Å². The zero-order valence-electron chi connectivity index (χ0n) is 11.3. The lowest BCUT2D eigenvalue weighted by Gasteiger charge is -1.92.